The molecule has 0 unspecified atom stereocenters. The number of hydrogen-bond donors (Lipinski definition) is 2. The fourth-order valence-electron chi connectivity index (χ4n) is 5.31. The van der Waals surface area contributed by atoms with Crippen LogP contribution in [0.25, 0.3) is 0 Å². The van der Waals surface area contributed by atoms with Gasteiger partial charge in [0.25, 0.3) is 5.91 Å². The summed E-state index contributed by atoms with van der Waals surface area (Å²) < 4.78 is 19.0. The molecule has 2 aromatic rings. The summed E-state index contributed by atoms with van der Waals surface area (Å²) in [6.07, 6.45) is 2.99. The van der Waals surface area contributed by atoms with Gasteiger partial charge >= 0.3 is 0 Å². The number of amides is 2. The third-order valence-electron chi connectivity index (χ3n) is 7.28. The molecule has 2 aromatic carbocycles. The Morgan fingerprint density at radius 2 is 1.86 bits per heavy atom. The Hall–Kier alpha value is -2.97. The van der Waals surface area contributed by atoms with Gasteiger partial charge in [0, 0.05) is 50.1 Å². The lowest BCUT2D eigenvalue weighted by molar-refractivity contribution is -0.121. The van der Waals surface area contributed by atoms with Crippen molar-refractivity contribution in [1.29, 1.82) is 0 Å². The second-order valence-corrected chi connectivity index (χ2v) is 10.1. The van der Waals surface area contributed by atoms with Crippen molar-refractivity contribution in [3.8, 4) is 0 Å². The van der Waals surface area contributed by atoms with Gasteiger partial charge in [0.1, 0.15) is 6.67 Å². The lowest BCUT2D eigenvalue weighted by Gasteiger charge is -2.38. The van der Waals surface area contributed by atoms with Gasteiger partial charge in [-0.05, 0) is 61.6 Å². The first-order chi connectivity index (χ1) is 18.0. The van der Waals surface area contributed by atoms with Crippen LogP contribution in [0.4, 0.5) is 10.1 Å². The molecule has 2 atom stereocenters. The number of nitrogens with one attached hydrogen (secondary N) is 2. The number of anilines is 1. The number of aryl methyl sites for hydroxylation is 1. The molecule has 0 spiro atoms. The Bertz CT molecular complexity index is 1060. The third-order valence-corrected chi connectivity index (χ3v) is 7.28. The van der Waals surface area contributed by atoms with E-state index < -0.39 is 12.6 Å². The van der Waals surface area contributed by atoms with E-state index in [1.807, 2.05) is 0 Å². The van der Waals surface area contributed by atoms with E-state index >= 15 is 0 Å². The second kappa shape index (κ2) is 13.0. The van der Waals surface area contributed by atoms with Crippen LogP contribution >= 0.6 is 0 Å². The largest absolute Gasteiger partial charge is 0.375 e. The van der Waals surface area contributed by atoms with E-state index in [0.717, 1.165) is 45.4 Å². The summed E-state index contributed by atoms with van der Waals surface area (Å²) in [7, 11) is 0. The average Bonchev–Trinajstić information content (AvgIpc) is 3.32. The Morgan fingerprint density at radius 1 is 1.08 bits per heavy atom. The number of carbonyl (C=O) groups is 2. The lowest BCUT2D eigenvalue weighted by Crippen LogP contribution is -2.48. The van der Waals surface area contributed by atoms with E-state index in [1.165, 1.54) is 17.3 Å². The minimum absolute atomic E-state index is 0.0735. The van der Waals surface area contributed by atoms with Crippen molar-refractivity contribution in [3.05, 3.63) is 65.2 Å². The van der Waals surface area contributed by atoms with Gasteiger partial charge in [-0.1, -0.05) is 31.2 Å². The zero-order valence-corrected chi connectivity index (χ0v) is 21.9. The molecular formula is C29H39FN4O3. The van der Waals surface area contributed by atoms with Crippen LogP contribution in [0, 0.1) is 6.92 Å². The summed E-state index contributed by atoms with van der Waals surface area (Å²) in [5.41, 5.74) is 3.34. The van der Waals surface area contributed by atoms with E-state index in [-0.39, 0.29) is 24.6 Å². The molecular weight excluding hydrogens is 471 g/mol. The number of halogens is 1. The SMILES string of the molecule is CCCO[C@@H]1CN(C2CCN(c3cccc(C)c3)CC2)C[C@H]1NC(=O)CNC(=O)c1cccc(CF)c1. The van der Waals surface area contributed by atoms with Gasteiger partial charge < -0.3 is 20.3 Å². The number of rotatable bonds is 10. The van der Waals surface area contributed by atoms with Crippen LogP contribution in [0.15, 0.2) is 48.5 Å². The van der Waals surface area contributed by atoms with Crippen molar-refractivity contribution in [2.45, 2.75) is 58.0 Å². The Balaban J connectivity index is 1.29. The van der Waals surface area contributed by atoms with Crippen molar-refractivity contribution in [2.24, 2.45) is 0 Å². The Labute approximate surface area is 219 Å². The van der Waals surface area contributed by atoms with Crippen LogP contribution in [0.2, 0.25) is 0 Å². The molecule has 8 heteroatoms. The summed E-state index contributed by atoms with van der Waals surface area (Å²) in [5.74, 6) is -0.640. The van der Waals surface area contributed by atoms with Crippen molar-refractivity contribution < 1.29 is 18.7 Å². The predicted octanol–water partition coefficient (Wildman–Crippen LogP) is 3.46. The van der Waals surface area contributed by atoms with E-state index in [1.54, 1.807) is 18.2 Å². The Kier molecular flexibility index (Phi) is 9.52. The molecule has 2 saturated heterocycles. The maximum atomic E-state index is 12.9. The molecule has 0 aliphatic carbocycles. The van der Waals surface area contributed by atoms with Crippen molar-refractivity contribution >= 4 is 17.5 Å². The number of likely N-dealkylation sites (tertiary alicyclic amines) is 1. The lowest BCUT2D eigenvalue weighted by atomic mass is 10.0. The first kappa shape index (κ1) is 27.1. The topological polar surface area (TPSA) is 73.9 Å². The van der Waals surface area contributed by atoms with Gasteiger partial charge in [-0.25, -0.2) is 4.39 Å². The monoisotopic (exact) mass is 510 g/mol. The molecule has 0 aromatic heterocycles. The maximum Gasteiger partial charge on any atom is 0.251 e. The molecule has 2 amide bonds. The van der Waals surface area contributed by atoms with Gasteiger partial charge in [0.2, 0.25) is 5.91 Å². The minimum Gasteiger partial charge on any atom is -0.375 e. The highest BCUT2D eigenvalue weighted by atomic mass is 19.1. The van der Waals surface area contributed by atoms with E-state index in [9.17, 15) is 14.0 Å². The predicted molar refractivity (Wildman–Crippen MR) is 144 cm³/mol. The molecule has 7 nitrogen and oxygen atoms in total. The second-order valence-electron chi connectivity index (χ2n) is 10.1. The normalized spacial score (nSPS) is 20.7. The summed E-state index contributed by atoms with van der Waals surface area (Å²) in [6, 6.07) is 15.4. The standard InChI is InChI=1S/C29H39FN4O3/c1-3-14-37-27-20-34(24-10-12-33(13-11-24)25-9-4-6-21(2)15-25)19-26(27)32-28(35)18-31-29(36)23-8-5-7-22(16-23)17-30/h4-9,15-16,24,26-27H,3,10-14,17-20H2,1-2H3,(H,31,36)(H,32,35)/t26-,27-/m1/s1. The zero-order valence-electron chi connectivity index (χ0n) is 21.9. The summed E-state index contributed by atoms with van der Waals surface area (Å²) in [5, 5.41) is 5.73. The number of ether oxygens (including phenoxy) is 1. The number of hydrogen-bond acceptors (Lipinski definition) is 5. The summed E-state index contributed by atoms with van der Waals surface area (Å²) in [6.45, 7) is 7.64. The quantitative estimate of drug-likeness (QED) is 0.512. The van der Waals surface area contributed by atoms with Gasteiger partial charge in [0.05, 0.1) is 18.7 Å². The molecule has 2 aliphatic heterocycles. The molecule has 4 rings (SSSR count). The van der Waals surface area contributed by atoms with Crippen molar-refractivity contribution in [1.82, 2.24) is 15.5 Å². The average molecular weight is 511 g/mol. The fraction of sp³-hybridized carbons (Fsp3) is 0.517. The summed E-state index contributed by atoms with van der Waals surface area (Å²) in [4.78, 5) is 30.0. The molecule has 0 radical (unpaired) electrons. The van der Waals surface area contributed by atoms with Gasteiger partial charge in [0.15, 0.2) is 0 Å². The molecule has 0 bridgehead atoms. The third kappa shape index (κ3) is 7.29. The van der Waals surface area contributed by atoms with E-state index in [0.29, 0.717) is 23.8 Å². The Morgan fingerprint density at radius 3 is 2.59 bits per heavy atom. The highest BCUT2D eigenvalue weighted by molar-refractivity contribution is 5.96. The van der Waals surface area contributed by atoms with Crippen LogP contribution in [0.5, 0.6) is 0 Å². The molecule has 37 heavy (non-hydrogen) atoms. The number of benzene rings is 2. The molecule has 2 aliphatic rings. The number of carbonyl (C=O) groups excluding carboxylic acids is 2. The van der Waals surface area contributed by atoms with Gasteiger partial charge in [-0.3, -0.25) is 14.5 Å². The maximum absolute atomic E-state index is 12.9. The minimum atomic E-state index is -0.635. The van der Waals surface area contributed by atoms with Gasteiger partial charge in [-0.15, -0.1) is 0 Å². The number of alkyl halides is 1. The first-order valence-electron chi connectivity index (χ1n) is 13.4. The highest BCUT2D eigenvalue weighted by Crippen LogP contribution is 2.26. The van der Waals surface area contributed by atoms with Crippen LogP contribution in [0.1, 0.15) is 47.7 Å². The van der Waals surface area contributed by atoms with Crippen molar-refractivity contribution in [3.63, 3.8) is 0 Å². The fourth-order valence-corrected chi connectivity index (χ4v) is 5.31. The van der Waals surface area contributed by atoms with Crippen LogP contribution in [-0.2, 0) is 16.2 Å². The molecule has 2 N–H and O–H groups in total. The zero-order chi connectivity index (χ0) is 26.2. The smallest absolute Gasteiger partial charge is 0.251 e. The molecule has 200 valence electrons. The molecule has 0 saturated carbocycles. The van der Waals surface area contributed by atoms with Gasteiger partial charge in [-0.2, -0.15) is 0 Å². The number of piperidine rings is 1. The van der Waals surface area contributed by atoms with Crippen LogP contribution < -0.4 is 15.5 Å². The number of nitrogens with zero attached hydrogens (tertiary/aromatic N) is 2. The molecule has 2 heterocycles. The first-order valence-corrected chi connectivity index (χ1v) is 13.4. The molecule has 2 fully saturated rings. The van der Waals surface area contributed by atoms with Crippen LogP contribution in [0.3, 0.4) is 0 Å². The highest BCUT2D eigenvalue weighted by Gasteiger charge is 2.38. The van der Waals surface area contributed by atoms with E-state index in [4.69, 9.17) is 4.74 Å². The van der Waals surface area contributed by atoms with E-state index in [2.05, 4.69) is 58.5 Å². The van der Waals surface area contributed by atoms with Crippen LogP contribution in [-0.4, -0.2) is 74.2 Å². The van der Waals surface area contributed by atoms with Crippen molar-refractivity contribution in [2.75, 3.05) is 44.2 Å². The summed E-state index contributed by atoms with van der Waals surface area (Å²) >= 11 is 0.